The highest BCUT2D eigenvalue weighted by atomic mass is 33.1. The van der Waals surface area contributed by atoms with Crippen LogP contribution in [0, 0.1) is 0 Å². The van der Waals surface area contributed by atoms with Crippen LogP contribution in [0.25, 0.3) is 0 Å². The van der Waals surface area contributed by atoms with Gasteiger partial charge in [0.15, 0.2) is 0 Å². The van der Waals surface area contributed by atoms with Crippen LogP contribution >= 0.6 is 21.6 Å². The molecule has 0 atom stereocenters. The van der Waals surface area contributed by atoms with Gasteiger partial charge in [-0.3, -0.25) is 19.4 Å². The van der Waals surface area contributed by atoms with Crippen molar-refractivity contribution < 1.29 is 19.2 Å². The average Bonchev–Trinajstić information content (AvgIpc) is 2.50. The largest absolute Gasteiger partial charge is 0.337 e. The molecule has 0 fully saturated rings. The van der Waals surface area contributed by atoms with Crippen molar-refractivity contribution in [3.63, 3.8) is 0 Å². The minimum absolute atomic E-state index is 0.278. The van der Waals surface area contributed by atoms with Gasteiger partial charge in [0, 0.05) is 51.5 Å². The fraction of sp³-hybridized carbons (Fsp3) is 0.714. The van der Waals surface area contributed by atoms with Gasteiger partial charge < -0.3 is 10.6 Å². The molecule has 0 aliphatic rings. The average molecular weight is 379 g/mol. The maximum atomic E-state index is 11.7. The Labute approximate surface area is 150 Å². The van der Waals surface area contributed by atoms with E-state index >= 15 is 0 Å². The lowest BCUT2D eigenvalue weighted by atomic mass is 10.5. The molecule has 0 aliphatic heterocycles. The second-order valence-corrected chi connectivity index (χ2v) is 7.34. The summed E-state index contributed by atoms with van der Waals surface area (Å²) < 4.78 is 0. The number of rotatable bonds is 9. The van der Waals surface area contributed by atoms with Crippen molar-refractivity contribution in [2.75, 3.05) is 37.7 Å². The molecule has 0 aromatic carbocycles. The van der Waals surface area contributed by atoms with Crippen molar-refractivity contribution in [3.05, 3.63) is 0 Å². The number of carbonyl (C=O) groups is 4. The third-order valence-corrected chi connectivity index (χ3v) is 5.30. The van der Waals surface area contributed by atoms with Gasteiger partial charge in [0.2, 0.25) is 11.8 Å². The molecule has 138 valence electrons. The molecular weight excluding hydrogens is 352 g/mol. The molecule has 0 rings (SSSR count). The van der Waals surface area contributed by atoms with E-state index in [2.05, 4.69) is 10.6 Å². The van der Waals surface area contributed by atoms with E-state index in [-0.39, 0.29) is 23.9 Å². The van der Waals surface area contributed by atoms with Crippen LogP contribution in [-0.4, -0.2) is 71.4 Å². The molecule has 0 spiro atoms. The number of imide groups is 2. The summed E-state index contributed by atoms with van der Waals surface area (Å²) in [5.41, 5.74) is 0. The summed E-state index contributed by atoms with van der Waals surface area (Å²) in [6, 6.07) is -0.765. The van der Waals surface area contributed by atoms with Crippen molar-refractivity contribution in [3.8, 4) is 0 Å². The van der Waals surface area contributed by atoms with E-state index in [1.54, 1.807) is 35.4 Å². The van der Waals surface area contributed by atoms with E-state index < -0.39 is 0 Å². The number of hydrogen-bond acceptors (Lipinski definition) is 6. The highest BCUT2D eigenvalue weighted by Crippen LogP contribution is 2.19. The molecule has 24 heavy (non-hydrogen) atoms. The monoisotopic (exact) mass is 378 g/mol. The molecule has 8 nitrogen and oxygen atoms in total. The molecule has 6 amide bonds. The van der Waals surface area contributed by atoms with Gasteiger partial charge in [-0.15, -0.1) is 0 Å². The molecule has 0 aromatic rings. The number of amides is 6. The molecule has 2 N–H and O–H groups in total. The smallest absolute Gasteiger partial charge is 0.324 e. The van der Waals surface area contributed by atoms with E-state index in [0.29, 0.717) is 37.7 Å². The van der Waals surface area contributed by atoms with Gasteiger partial charge in [0.05, 0.1) is 0 Å². The van der Waals surface area contributed by atoms with Crippen molar-refractivity contribution >= 4 is 45.5 Å². The Balaban J connectivity index is 3.71. The zero-order valence-electron chi connectivity index (χ0n) is 14.6. The summed E-state index contributed by atoms with van der Waals surface area (Å²) >= 11 is 0. The van der Waals surface area contributed by atoms with Gasteiger partial charge >= 0.3 is 12.1 Å². The molecule has 0 aliphatic carbocycles. The molecule has 0 bridgehead atoms. The Morgan fingerprint density at radius 3 is 1.33 bits per heavy atom. The molecule has 0 heterocycles. The first kappa shape index (κ1) is 22.6. The topological polar surface area (TPSA) is 98.8 Å². The lowest BCUT2D eigenvalue weighted by Crippen LogP contribution is -2.43. The summed E-state index contributed by atoms with van der Waals surface area (Å²) in [5, 5.41) is 5.35. The first-order chi connectivity index (χ1) is 11.3. The van der Waals surface area contributed by atoms with Gasteiger partial charge in [-0.25, -0.2) is 9.59 Å². The fourth-order valence-corrected chi connectivity index (χ4v) is 3.54. The Morgan fingerprint density at radius 1 is 0.750 bits per heavy atom. The quantitative estimate of drug-likeness (QED) is 0.466. The Kier molecular flexibility index (Phi) is 12.2. The minimum atomic E-state index is -0.383. The first-order valence-corrected chi connectivity index (χ1v) is 10.2. The summed E-state index contributed by atoms with van der Waals surface area (Å²) in [5.74, 6) is 0.821. The van der Waals surface area contributed by atoms with Gasteiger partial charge in [-0.1, -0.05) is 21.6 Å². The Bertz CT molecular complexity index is 408. The van der Waals surface area contributed by atoms with Crippen LogP contribution in [0.5, 0.6) is 0 Å². The second-order valence-electron chi connectivity index (χ2n) is 4.63. The van der Waals surface area contributed by atoms with Crippen molar-refractivity contribution in [1.29, 1.82) is 0 Å². The molecular formula is C14H26N4O4S2. The normalized spacial score (nSPS) is 10.0. The van der Waals surface area contributed by atoms with E-state index in [4.69, 9.17) is 0 Å². The summed E-state index contributed by atoms with van der Waals surface area (Å²) in [6.07, 6.45) is 0. The van der Waals surface area contributed by atoms with E-state index in [1.807, 2.05) is 0 Å². The highest BCUT2D eigenvalue weighted by Gasteiger charge is 2.15. The van der Waals surface area contributed by atoms with Gasteiger partial charge in [-0.2, -0.15) is 0 Å². The minimum Gasteiger partial charge on any atom is -0.337 e. The molecule has 0 radical (unpaired) electrons. The molecule has 0 aromatic heterocycles. The molecule has 10 heteroatoms. The number of nitrogens with zero attached hydrogens (tertiary/aromatic N) is 2. The van der Waals surface area contributed by atoms with Crippen LogP contribution in [-0.2, 0) is 9.59 Å². The number of nitrogens with one attached hydrogen (secondary N) is 2. The lowest BCUT2D eigenvalue weighted by molar-refractivity contribution is -0.126. The lowest BCUT2D eigenvalue weighted by Gasteiger charge is -2.17. The Morgan fingerprint density at radius 2 is 1.08 bits per heavy atom. The summed E-state index contributed by atoms with van der Waals surface area (Å²) in [6.45, 7) is 7.80. The molecule has 0 saturated carbocycles. The van der Waals surface area contributed by atoms with Crippen molar-refractivity contribution in [1.82, 2.24) is 20.4 Å². The standard InChI is InChI=1S/C14H26N4O4S2/c1-5-17(11(3)19)13(21)15-7-9-23-24-10-8-16-14(22)18(6-2)12(4)20/h5-10H2,1-4H3,(H,15,21)(H,16,22). The third-order valence-electron chi connectivity index (χ3n) is 2.89. The van der Waals surface area contributed by atoms with Crippen LogP contribution in [0.1, 0.15) is 27.7 Å². The van der Waals surface area contributed by atoms with Crippen LogP contribution in [0.2, 0.25) is 0 Å². The zero-order valence-corrected chi connectivity index (χ0v) is 16.2. The Hall–Kier alpha value is -1.42. The number of carbonyl (C=O) groups excluding carboxylic acids is 4. The predicted molar refractivity (Wildman–Crippen MR) is 97.8 cm³/mol. The van der Waals surface area contributed by atoms with E-state index in [0.717, 1.165) is 9.80 Å². The van der Waals surface area contributed by atoms with Crippen LogP contribution < -0.4 is 10.6 Å². The number of hydrogen-bond donors (Lipinski definition) is 2. The zero-order chi connectivity index (χ0) is 18.5. The summed E-state index contributed by atoms with van der Waals surface area (Å²) in [7, 11) is 3.12. The van der Waals surface area contributed by atoms with Gasteiger partial charge in [-0.05, 0) is 13.8 Å². The SMILES string of the molecule is CCN(C(C)=O)C(=O)NCCSSCCNC(=O)N(CC)C(C)=O. The molecule has 0 saturated heterocycles. The second kappa shape index (κ2) is 12.9. The van der Waals surface area contributed by atoms with Crippen LogP contribution in [0.3, 0.4) is 0 Å². The maximum absolute atomic E-state index is 11.7. The fourth-order valence-electron chi connectivity index (χ4n) is 1.73. The van der Waals surface area contributed by atoms with E-state index in [1.165, 1.54) is 13.8 Å². The van der Waals surface area contributed by atoms with Gasteiger partial charge in [0.1, 0.15) is 0 Å². The first-order valence-electron chi connectivity index (χ1n) is 7.71. The van der Waals surface area contributed by atoms with Crippen LogP contribution in [0.4, 0.5) is 9.59 Å². The van der Waals surface area contributed by atoms with Crippen molar-refractivity contribution in [2.24, 2.45) is 0 Å². The maximum Gasteiger partial charge on any atom is 0.324 e. The van der Waals surface area contributed by atoms with Crippen molar-refractivity contribution in [2.45, 2.75) is 27.7 Å². The highest BCUT2D eigenvalue weighted by molar-refractivity contribution is 8.76. The third kappa shape index (κ3) is 9.02. The predicted octanol–water partition coefficient (Wildman–Crippen LogP) is 1.52. The summed E-state index contributed by atoms with van der Waals surface area (Å²) in [4.78, 5) is 48.0. The van der Waals surface area contributed by atoms with Gasteiger partial charge in [0.25, 0.3) is 0 Å². The van der Waals surface area contributed by atoms with E-state index in [9.17, 15) is 19.2 Å². The number of urea groups is 2. The molecule has 0 unspecified atom stereocenters. The van der Waals surface area contributed by atoms with Crippen LogP contribution in [0.15, 0.2) is 0 Å².